The zero-order valence-corrected chi connectivity index (χ0v) is 21.2. The van der Waals surface area contributed by atoms with E-state index in [1.54, 1.807) is 19.1 Å². The molecule has 1 rings (SSSR count). The normalized spacial score (nSPS) is 11.9. The van der Waals surface area contributed by atoms with Gasteiger partial charge in [0.2, 0.25) is 3.79 Å². The van der Waals surface area contributed by atoms with E-state index in [2.05, 4.69) is 5.16 Å². The molecule has 0 aliphatic rings. The van der Waals surface area contributed by atoms with Crippen molar-refractivity contribution in [3.8, 4) is 11.5 Å². The fraction of sp³-hybridized carbons (Fsp3) is 0.500. The van der Waals surface area contributed by atoms with E-state index >= 15 is 0 Å². The molecule has 5 nitrogen and oxygen atoms in total. The predicted octanol–water partition coefficient (Wildman–Crippen LogP) is 7.63. The van der Waals surface area contributed by atoms with Crippen LogP contribution < -0.4 is 9.47 Å². The maximum Gasteiger partial charge on any atom is 0.226 e. The summed E-state index contributed by atoms with van der Waals surface area (Å²) in [4.78, 5) is 4.91. The van der Waals surface area contributed by atoms with Gasteiger partial charge in [0.05, 0.1) is 29.0 Å². The van der Waals surface area contributed by atoms with Crippen LogP contribution >= 0.6 is 81.2 Å². The second kappa shape index (κ2) is 15.0. The Morgan fingerprint density at radius 2 is 1.67 bits per heavy atom. The number of benzene rings is 1. The van der Waals surface area contributed by atoms with Gasteiger partial charge in [-0.2, -0.15) is 0 Å². The third-order valence-electron chi connectivity index (χ3n) is 3.15. The SMILES string of the molecule is CC(COCCCCOc1c(Cl)cc(OCC=C(Cl)Cl)cc1Cl)=NOCC(Cl)(Cl)Cl. The first-order chi connectivity index (χ1) is 14.1. The molecule has 12 heteroatoms. The maximum absolute atomic E-state index is 6.21. The van der Waals surface area contributed by atoms with Crippen molar-refractivity contribution in [2.24, 2.45) is 5.16 Å². The molecule has 1 aromatic rings. The number of ether oxygens (including phenoxy) is 3. The van der Waals surface area contributed by atoms with E-state index in [0.717, 1.165) is 12.8 Å². The summed E-state index contributed by atoms with van der Waals surface area (Å²) in [6, 6.07) is 3.21. The van der Waals surface area contributed by atoms with E-state index in [4.69, 9.17) is 100 Å². The van der Waals surface area contributed by atoms with Crippen LogP contribution in [-0.2, 0) is 9.57 Å². The summed E-state index contributed by atoms with van der Waals surface area (Å²) in [7, 11) is 0. The van der Waals surface area contributed by atoms with Gasteiger partial charge in [-0.3, -0.25) is 0 Å². The minimum atomic E-state index is -1.50. The Bertz CT molecular complexity index is 696. The molecule has 0 atom stereocenters. The molecule has 0 unspecified atom stereocenters. The molecule has 0 aromatic heterocycles. The van der Waals surface area contributed by atoms with Crippen LogP contribution in [-0.4, -0.2) is 42.5 Å². The predicted molar refractivity (Wildman–Crippen MR) is 127 cm³/mol. The van der Waals surface area contributed by atoms with Gasteiger partial charge in [0, 0.05) is 18.7 Å². The van der Waals surface area contributed by atoms with Crippen LogP contribution in [0.15, 0.2) is 27.9 Å². The average Bonchev–Trinajstić information content (AvgIpc) is 2.61. The van der Waals surface area contributed by atoms with Gasteiger partial charge in [0.1, 0.15) is 16.8 Å². The van der Waals surface area contributed by atoms with E-state index in [1.807, 2.05) is 0 Å². The molecule has 0 fully saturated rings. The van der Waals surface area contributed by atoms with Gasteiger partial charge in [0.25, 0.3) is 0 Å². The Morgan fingerprint density at radius 3 is 2.27 bits per heavy atom. The maximum atomic E-state index is 6.21. The van der Waals surface area contributed by atoms with Gasteiger partial charge in [0.15, 0.2) is 12.4 Å². The minimum absolute atomic E-state index is 0.118. The van der Waals surface area contributed by atoms with Crippen molar-refractivity contribution < 1.29 is 19.0 Å². The Labute approximate surface area is 211 Å². The largest absolute Gasteiger partial charge is 0.490 e. The monoisotopic (exact) mass is 559 g/mol. The molecule has 0 spiro atoms. The lowest BCUT2D eigenvalue weighted by Gasteiger charge is -2.12. The molecular formula is C18H20Cl7NO4. The second-order valence-corrected chi connectivity index (χ2v) is 10.2. The molecule has 0 radical (unpaired) electrons. The van der Waals surface area contributed by atoms with Crippen molar-refractivity contribution in [1.82, 2.24) is 0 Å². The van der Waals surface area contributed by atoms with E-state index < -0.39 is 3.79 Å². The molecule has 0 saturated heterocycles. The van der Waals surface area contributed by atoms with Crippen molar-refractivity contribution in [2.45, 2.75) is 23.6 Å². The molecule has 0 N–H and O–H groups in total. The highest BCUT2D eigenvalue weighted by molar-refractivity contribution is 6.67. The van der Waals surface area contributed by atoms with Crippen molar-refractivity contribution in [1.29, 1.82) is 0 Å². The van der Waals surface area contributed by atoms with Gasteiger partial charge in [-0.15, -0.1) is 0 Å². The van der Waals surface area contributed by atoms with Gasteiger partial charge in [-0.05, 0) is 25.8 Å². The summed E-state index contributed by atoms with van der Waals surface area (Å²) in [5.41, 5.74) is 0.630. The van der Waals surface area contributed by atoms with E-state index in [-0.39, 0.29) is 17.7 Å². The number of unbranched alkanes of at least 4 members (excludes halogenated alkanes) is 1. The molecule has 0 aliphatic heterocycles. The smallest absolute Gasteiger partial charge is 0.226 e. The van der Waals surface area contributed by atoms with E-state index in [9.17, 15) is 0 Å². The second-order valence-electron chi connectivity index (χ2n) is 5.84. The lowest BCUT2D eigenvalue weighted by atomic mass is 10.3. The van der Waals surface area contributed by atoms with Gasteiger partial charge in [-0.25, -0.2) is 0 Å². The zero-order valence-electron chi connectivity index (χ0n) is 15.9. The summed E-state index contributed by atoms with van der Waals surface area (Å²) >= 11 is 40.1. The van der Waals surface area contributed by atoms with Gasteiger partial charge in [-0.1, -0.05) is 86.4 Å². The molecule has 0 saturated carbocycles. The highest BCUT2D eigenvalue weighted by atomic mass is 35.6. The van der Waals surface area contributed by atoms with Gasteiger partial charge >= 0.3 is 0 Å². The third-order valence-corrected chi connectivity index (χ3v) is 4.35. The highest BCUT2D eigenvalue weighted by Crippen LogP contribution is 2.37. The first kappa shape index (κ1) is 28.1. The van der Waals surface area contributed by atoms with Crippen molar-refractivity contribution in [2.75, 3.05) is 33.0 Å². The third kappa shape index (κ3) is 13.4. The number of alkyl halides is 3. The van der Waals surface area contributed by atoms with E-state index in [0.29, 0.717) is 47.1 Å². The summed E-state index contributed by atoms with van der Waals surface area (Å²) in [6.07, 6.45) is 3.01. The average molecular weight is 563 g/mol. The summed E-state index contributed by atoms with van der Waals surface area (Å²) in [5, 5.41) is 4.48. The number of nitrogens with zero attached hydrogens (tertiary/aromatic N) is 1. The number of rotatable bonds is 13. The first-order valence-electron chi connectivity index (χ1n) is 8.64. The van der Waals surface area contributed by atoms with Crippen molar-refractivity contribution >= 4 is 86.9 Å². The van der Waals surface area contributed by atoms with E-state index in [1.165, 1.54) is 6.08 Å². The first-order valence-corrected chi connectivity index (χ1v) is 11.3. The molecule has 0 amide bonds. The summed E-state index contributed by atoms with van der Waals surface area (Å²) in [6.45, 7) is 3.06. The standard InChI is InChI=1S/C18H20Cl7NO4/c1-12(26-30-11-18(23,24)25)10-27-5-2-3-6-29-17-14(19)8-13(9-15(17)20)28-7-4-16(21)22/h4,8-9H,2-3,5-7,10-11H2,1H3. The summed E-state index contributed by atoms with van der Waals surface area (Å²) < 4.78 is 15.2. The molecule has 30 heavy (non-hydrogen) atoms. The molecule has 1 aromatic carbocycles. The number of hydrogen-bond donors (Lipinski definition) is 0. The number of halogens is 7. The Hall–Kier alpha value is 0.0200. The van der Waals surface area contributed by atoms with Gasteiger partial charge < -0.3 is 19.0 Å². The topological polar surface area (TPSA) is 49.3 Å². The summed E-state index contributed by atoms with van der Waals surface area (Å²) in [5.74, 6) is 0.873. The number of oxime groups is 1. The Kier molecular flexibility index (Phi) is 14.0. The quantitative estimate of drug-likeness (QED) is 0.107. The molecule has 0 bridgehead atoms. The van der Waals surface area contributed by atoms with Crippen LogP contribution in [0.4, 0.5) is 0 Å². The zero-order chi connectivity index (χ0) is 22.6. The number of hydrogen-bond acceptors (Lipinski definition) is 5. The molecular weight excluding hydrogens is 542 g/mol. The lowest BCUT2D eigenvalue weighted by molar-refractivity contribution is 0.135. The highest BCUT2D eigenvalue weighted by Gasteiger charge is 2.20. The molecule has 170 valence electrons. The minimum Gasteiger partial charge on any atom is -0.490 e. The van der Waals surface area contributed by atoms with Crippen LogP contribution in [0.1, 0.15) is 19.8 Å². The van der Waals surface area contributed by atoms with Crippen molar-refractivity contribution in [3.05, 3.63) is 32.7 Å². The fourth-order valence-corrected chi connectivity index (χ4v) is 2.75. The Balaban J connectivity index is 2.26. The van der Waals surface area contributed by atoms with Crippen LogP contribution in [0.2, 0.25) is 10.0 Å². The fourth-order valence-electron chi connectivity index (χ4n) is 1.90. The molecule has 0 heterocycles. The van der Waals surface area contributed by atoms with Crippen molar-refractivity contribution in [3.63, 3.8) is 0 Å². The van der Waals surface area contributed by atoms with Crippen LogP contribution in [0.25, 0.3) is 0 Å². The Morgan fingerprint density at radius 1 is 1.03 bits per heavy atom. The lowest BCUT2D eigenvalue weighted by Crippen LogP contribution is -2.13. The van der Waals surface area contributed by atoms with Crippen LogP contribution in [0.5, 0.6) is 11.5 Å². The van der Waals surface area contributed by atoms with Crippen LogP contribution in [0, 0.1) is 0 Å². The van der Waals surface area contributed by atoms with Crippen LogP contribution in [0.3, 0.4) is 0 Å². The molecule has 0 aliphatic carbocycles.